The highest BCUT2D eigenvalue weighted by molar-refractivity contribution is 6.31. The van der Waals surface area contributed by atoms with E-state index >= 15 is 0 Å². The molecule has 0 saturated carbocycles. The Morgan fingerprint density at radius 2 is 1.86 bits per heavy atom. The van der Waals surface area contributed by atoms with Gasteiger partial charge in [-0.1, -0.05) is 11.6 Å². The van der Waals surface area contributed by atoms with E-state index in [1.54, 1.807) is 0 Å². The molecule has 0 fully saturated rings. The Kier molecular flexibility index (Phi) is 4.91. The van der Waals surface area contributed by atoms with Crippen molar-refractivity contribution in [3.8, 4) is 16.9 Å². The molecule has 3 aromatic rings. The first-order chi connectivity index (χ1) is 13.1. The van der Waals surface area contributed by atoms with Crippen LogP contribution in [-0.2, 0) is 11.0 Å². The van der Waals surface area contributed by atoms with E-state index in [0.29, 0.717) is 6.08 Å². The van der Waals surface area contributed by atoms with Crippen LogP contribution < -0.4 is 5.56 Å². The summed E-state index contributed by atoms with van der Waals surface area (Å²) in [6, 6.07) is 6.59. The molecule has 9 heteroatoms. The molecule has 0 saturated heterocycles. The van der Waals surface area contributed by atoms with Gasteiger partial charge in [0.25, 0.3) is 5.56 Å². The first-order valence-corrected chi connectivity index (χ1v) is 8.13. The van der Waals surface area contributed by atoms with Crippen molar-refractivity contribution in [1.82, 2.24) is 4.98 Å². The zero-order valence-corrected chi connectivity index (χ0v) is 14.6. The summed E-state index contributed by atoms with van der Waals surface area (Å²) < 4.78 is 39.6. The van der Waals surface area contributed by atoms with Gasteiger partial charge in [-0.15, -0.1) is 0 Å². The van der Waals surface area contributed by atoms with Crippen molar-refractivity contribution >= 4 is 34.5 Å². The van der Waals surface area contributed by atoms with Crippen molar-refractivity contribution in [1.29, 1.82) is 0 Å². The average molecular weight is 410 g/mol. The zero-order chi connectivity index (χ0) is 20.6. The minimum atomic E-state index is -4.64. The van der Waals surface area contributed by atoms with Gasteiger partial charge >= 0.3 is 12.1 Å². The molecule has 1 heterocycles. The summed E-state index contributed by atoms with van der Waals surface area (Å²) in [7, 11) is 0. The standard InChI is InChI=1S/C19H11ClF3NO4/c20-10-2-5-15(25)13(8-10)17-11(3-6-16(26)27)18(28)24-14-4-1-9(7-12(14)17)19(21,22)23/h1-8,25H,(H,24,28)(H,26,27). The van der Waals surface area contributed by atoms with E-state index in [4.69, 9.17) is 16.7 Å². The number of fused-ring (bicyclic) bond motifs is 1. The van der Waals surface area contributed by atoms with Gasteiger partial charge in [0.2, 0.25) is 0 Å². The first-order valence-electron chi connectivity index (χ1n) is 7.75. The number of aromatic nitrogens is 1. The molecule has 0 aliphatic carbocycles. The summed E-state index contributed by atoms with van der Waals surface area (Å²) in [5.74, 6) is -1.69. The second-order valence-corrected chi connectivity index (χ2v) is 6.27. The highest BCUT2D eigenvalue weighted by Gasteiger charge is 2.31. The highest BCUT2D eigenvalue weighted by atomic mass is 35.5. The first kappa shape index (κ1) is 19.5. The number of aromatic hydroxyl groups is 1. The number of nitrogens with one attached hydrogen (secondary N) is 1. The van der Waals surface area contributed by atoms with E-state index in [1.807, 2.05) is 0 Å². The number of carboxylic acid groups (broad SMARTS) is 1. The molecule has 0 radical (unpaired) electrons. The van der Waals surface area contributed by atoms with E-state index in [1.165, 1.54) is 18.2 Å². The molecule has 1 aromatic heterocycles. The third-order valence-corrected chi connectivity index (χ3v) is 4.23. The van der Waals surface area contributed by atoms with Gasteiger partial charge in [0.1, 0.15) is 5.75 Å². The van der Waals surface area contributed by atoms with Crippen LogP contribution in [0.2, 0.25) is 5.02 Å². The minimum Gasteiger partial charge on any atom is -0.507 e. The molecule has 5 nitrogen and oxygen atoms in total. The lowest BCUT2D eigenvalue weighted by Gasteiger charge is -2.14. The normalized spacial score (nSPS) is 12.0. The molecule has 28 heavy (non-hydrogen) atoms. The van der Waals surface area contributed by atoms with Crippen molar-refractivity contribution < 1.29 is 28.2 Å². The zero-order valence-electron chi connectivity index (χ0n) is 13.8. The van der Waals surface area contributed by atoms with Gasteiger partial charge in [-0.05, 0) is 42.5 Å². The Balaban J connectivity index is 2.50. The molecule has 0 bridgehead atoms. The number of aliphatic carboxylic acids is 1. The van der Waals surface area contributed by atoms with E-state index in [2.05, 4.69) is 4.98 Å². The predicted octanol–water partition coefficient (Wildman–Crippen LogP) is 4.67. The van der Waals surface area contributed by atoms with Crippen molar-refractivity contribution in [3.63, 3.8) is 0 Å². The molecule has 2 aromatic carbocycles. The number of alkyl halides is 3. The summed E-state index contributed by atoms with van der Waals surface area (Å²) in [5.41, 5.74) is -1.93. The number of carboxylic acids is 1. The Hall–Kier alpha value is -3.26. The highest BCUT2D eigenvalue weighted by Crippen LogP contribution is 2.39. The van der Waals surface area contributed by atoms with Crippen LogP contribution in [0, 0.1) is 0 Å². The van der Waals surface area contributed by atoms with Crippen LogP contribution in [0.15, 0.2) is 47.3 Å². The third-order valence-electron chi connectivity index (χ3n) is 4.00. The van der Waals surface area contributed by atoms with Crippen LogP contribution in [0.3, 0.4) is 0 Å². The van der Waals surface area contributed by atoms with Crippen LogP contribution in [-0.4, -0.2) is 21.2 Å². The SMILES string of the molecule is O=C(O)C=Cc1c(-c2cc(Cl)ccc2O)c2cc(C(F)(F)F)ccc2[nH]c1=O. The number of H-pyrrole nitrogens is 1. The maximum Gasteiger partial charge on any atom is 0.416 e. The number of carbonyl (C=O) groups is 1. The van der Waals surface area contributed by atoms with E-state index < -0.39 is 23.3 Å². The summed E-state index contributed by atoms with van der Waals surface area (Å²) in [6.45, 7) is 0. The topological polar surface area (TPSA) is 90.4 Å². The minimum absolute atomic E-state index is 0.00652. The molecule has 0 aliphatic rings. The Bertz CT molecular complexity index is 1180. The quantitative estimate of drug-likeness (QED) is 0.548. The lowest BCUT2D eigenvalue weighted by atomic mass is 9.94. The predicted molar refractivity (Wildman–Crippen MR) is 98.4 cm³/mol. The molecular weight excluding hydrogens is 399 g/mol. The fourth-order valence-corrected chi connectivity index (χ4v) is 2.97. The van der Waals surface area contributed by atoms with Gasteiger partial charge in [0.05, 0.1) is 5.56 Å². The van der Waals surface area contributed by atoms with Gasteiger partial charge < -0.3 is 15.2 Å². The van der Waals surface area contributed by atoms with Crippen molar-refractivity contribution in [2.75, 3.05) is 0 Å². The average Bonchev–Trinajstić information content (AvgIpc) is 2.60. The number of aromatic amines is 1. The Morgan fingerprint density at radius 1 is 1.14 bits per heavy atom. The second kappa shape index (κ2) is 7.05. The van der Waals surface area contributed by atoms with Crippen LogP contribution in [0.25, 0.3) is 28.1 Å². The summed E-state index contributed by atoms with van der Waals surface area (Å²) in [4.78, 5) is 25.8. The Labute approximate surface area is 160 Å². The number of hydrogen-bond donors (Lipinski definition) is 3. The molecule has 0 atom stereocenters. The number of hydrogen-bond acceptors (Lipinski definition) is 3. The Morgan fingerprint density at radius 3 is 2.50 bits per heavy atom. The van der Waals surface area contributed by atoms with Gasteiger partial charge in [-0.3, -0.25) is 4.79 Å². The molecule has 3 N–H and O–H groups in total. The van der Waals surface area contributed by atoms with Gasteiger partial charge in [-0.2, -0.15) is 13.2 Å². The van der Waals surface area contributed by atoms with Crippen molar-refractivity contribution in [3.05, 3.63) is 69.0 Å². The lowest BCUT2D eigenvalue weighted by Crippen LogP contribution is -2.13. The lowest BCUT2D eigenvalue weighted by molar-refractivity contribution is -0.137. The van der Waals surface area contributed by atoms with Crippen LogP contribution in [0.4, 0.5) is 13.2 Å². The maximum absolute atomic E-state index is 13.2. The fraction of sp³-hybridized carbons (Fsp3) is 0.0526. The summed E-state index contributed by atoms with van der Waals surface area (Å²) in [6.07, 6.45) is -3.01. The van der Waals surface area contributed by atoms with E-state index in [-0.39, 0.29) is 38.4 Å². The number of pyridine rings is 1. The number of rotatable bonds is 3. The van der Waals surface area contributed by atoms with Crippen LogP contribution >= 0.6 is 11.6 Å². The number of phenolic OH excluding ortho intramolecular Hbond substituents is 1. The van der Waals surface area contributed by atoms with Gasteiger partial charge in [-0.25, -0.2) is 4.79 Å². The smallest absolute Gasteiger partial charge is 0.416 e. The third kappa shape index (κ3) is 3.72. The maximum atomic E-state index is 13.2. The summed E-state index contributed by atoms with van der Waals surface area (Å²) >= 11 is 5.95. The largest absolute Gasteiger partial charge is 0.507 e. The number of halogens is 4. The fourth-order valence-electron chi connectivity index (χ4n) is 2.80. The number of phenols is 1. The molecule has 0 unspecified atom stereocenters. The molecule has 3 rings (SSSR count). The summed E-state index contributed by atoms with van der Waals surface area (Å²) in [5, 5.41) is 19.2. The van der Waals surface area contributed by atoms with Crippen LogP contribution in [0.1, 0.15) is 11.1 Å². The van der Waals surface area contributed by atoms with Crippen molar-refractivity contribution in [2.45, 2.75) is 6.18 Å². The van der Waals surface area contributed by atoms with Gasteiger partial charge in [0, 0.05) is 38.7 Å². The van der Waals surface area contributed by atoms with Crippen molar-refractivity contribution in [2.24, 2.45) is 0 Å². The van der Waals surface area contributed by atoms with Gasteiger partial charge in [0.15, 0.2) is 0 Å². The molecular formula is C19H11ClF3NO4. The molecule has 0 amide bonds. The van der Waals surface area contributed by atoms with E-state index in [9.17, 15) is 27.9 Å². The molecule has 0 aliphatic heterocycles. The monoisotopic (exact) mass is 409 g/mol. The molecule has 144 valence electrons. The van der Waals surface area contributed by atoms with Crippen LogP contribution in [0.5, 0.6) is 5.75 Å². The van der Waals surface area contributed by atoms with E-state index in [0.717, 1.165) is 24.3 Å². The molecule has 0 spiro atoms. The number of benzene rings is 2. The second-order valence-electron chi connectivity index (χ2n) is 5.83.